The maximum atomic E-state index is 12.2. The maximum Gasteiger partial charge on any atom is 0.226 e. The highest BCUT2D eigenvalue weighted by atomic mass is 32.1. The Morgan fingerprint density at radius 2 is 1.78 bits per heavy atom. The van der Waals surface area contributed by atoms with Crippen LogP contribution in [0.4, 0.5) is 5.13 Å². The van der Waals surface area contributed by atoms with E-state index in [1.807, 2.05) is 48.7 Å². The first-order chi connectivity index (χ1) is 15.5. The van der Waals surface area contributed by atoms with Gasteiger partial charge in [0.2, 0.25) is 11.8 Å². The van der Waals surface area contributed by atoms with Crippen molar-refractivity contribution in [1.29, 1.82) is 0 Å². The van der Waals surface area contributed by atoms with E-state index in [1.54, 1.807) is 0 Å². The van der Waals surface area contributed by atoms with Gasteiger partial charge in [-0.05, 0) is 43.9 Å². The first-order valence-electron chi connectivity index (χ1n) is 10.8. The Hall–Kier alpha value is -3.19. The Morgan fingerprint density at radius 3 is 2.50 bits per heavy atom. The Bertz CT molecular complexity index is 1010. The van der Waals surface area contributed by atoms with Gasteiger partial charge in [0.05, 0.1) is 12.3 Å². The average molecular weight is 452 g/mol. The zero-order valence-electron chi connectivity index (χ0n) is 18.5. The topological polar surface area (TPSA) is 80.3 Å². The van der Waals surface area contributed by atoms with E-state index in [2.05, 4.69) is 27.8 Å². The highest BCUT2D eigenvalue weighted by Gasteiger charge is 2.08. The van der Waals surface area contributed by atoms with Crippen LogP contribution in [0.1, 0.15) is 37.3 Å². The summed E-state index contributed by atoms with van der Waals surface area (Å²) in [7, 11) is 0. The highest BCUT2D eigenvalue weighted by molar-refractivity contribution is 7.14. The second-order valence-corrected chi connectivity index (χ2v) is 8.49. The number of rotatable bonds is 11. The lowest BCUT2D eigenvalue weighted by atomic mass is 10.1. The summed E-state index contributed by atoms with van der Waals surface area (Å²) in [5.74, 6) is 0.759. The third-order valence-corrected chi connectivity index (χ3v) is 5.61. The first kappa shape index (κ1) is 23.5. The Labute approximate surface area is 193 Å². The van der Waals surface area contributed by atoms with Crippen LogP contribution < -0.4 is 15.4 Å². The molecule has 0 saturated carbocycles. The fraction of sp³-hybridized carbons (Fsp3) is 0.320. The number of hydrogen-bond acceptors (Lipinski definition) is 5. The van der Waals surface area contributed by atoms with Gasteiger partial charge < -0.3 is 15.4 Å². The summed E-state index contributed by atoms with van der Waals surface area (Å²) >= 11 is 1.42. The first-order valence-corrected chi connectivity index (χ1v) is 11.7. The number of carbonyl (C=O) groups is 2. The fourth-order valence-electron chi connectivity index (χ4n) is 3.10. The minimum absolute atomic E-state index is 0.00218. The number of nitrogens with one attached hydrogen (secondary N) is 2. The van der Waals surface area contributed by atoms with Crippen molar-refractivity contribution in [3.63, 3.8) is 0 Å². The molecule has 0 spiro atoms. The number of aromatic nitrogens is 1. The number of nitrogens with zero attached hydrogens (tertiary/aromatic N) is 1. The molecule has 2 amide bonds. The van der Waals surface area contributed by atoms with Gasteiger partial charge in [-0.15, -0.1) is 11.3 Å². The summed E-state index contributed by atoms with van der Waals surface area (Å²) in [6.45, 7) is 4.74. The summed E-state index contributed by atoms with van der Waals surface area (Å²) < 4.78 is 5.66. The van der Waals surface area contributed by atoms with Crippen molar-refractivity contribution in [3.05, 3.63) is 65.0 Å². The molecular formula is C25H29N3O3S. The third kappa shape index (κ3) is 7.81. The highest BCUT2D eigenvalue weighted by Crippen LogP contribution is 2.25. The van der Waals surface area contributed by atoms with E-state index in [1.165, 1.54) is 29.4 Å². The Kier molecular flexibility index (Phi) is 8.80. The van der Waals surface area contributed by atoms with Crippen molar-refractivity contribution >= 4 is 28.3 Å². The van der Waals surface area contributed by atoms with Crippen molar-refractivity contribution in [2.75, 3.05) is 18.5 Å². The van der Waals surface area contributed by atoms with E-state index < -0.39 is 0 Å². The van der Waals surface area contributed by atoms with E-state index in [4.69, 9.17) is 4.74 Å². The number of aryl methyl sites for hydroxylation is 2. The zero-order valence-corrected chi connectivity index (χ0v) is 19.3. The van der Waals surface area contributed by atoms with Gasteiger partial charge in [0, 0.05) is 30.8 Å². The summed E-state index contributed by atoms with van der Waals surface area (Å²) in [6, 6.07) is 16.1. The van der Waals surface area contributed by atoms with Crippen LogP contribution in [0.25, 0.3) is 11.3 Å². The second-order valence-electron chi connectivity index (χ2n) is 7.63. The molecule has 0 bridgehead atoms. The minimum Gasteiger partial charge on any atom is -0.494 e. The van der Waals surface area contributed by atoms with Gasteiger partial charge in [-0.25, -0.2) is 4.98 Å². The quantitative estimate of drug-likeness (QED) is 0.403. The smallest absolute Gasteiger partial charge is 0.226 e. The van der Waals surface area contributed by atoms with Crippen LogP contribution in [-0.2, 0) is 16.0 Å². The largest absolute Gasteiger partial charge is 0.494 e. The van der Waals surface area contributed by atoms with Gasteiger partial charge in [0.1, 0.15) is 5.75 Å². The van der Waals surface area contributed by atoms with Crippen LogP contribution in [0.3, 0.4) is 0 Å². The monoisotopic (exact) mass is 451 g/mol. The van der Waals surface area contributed by atoms with Crippen LogP contribution in [0.2, 0.25) is 0 Å². The molecule has 0 fully saturated rings. The molecule has 1 aromatic heterocycles. The summed E-state index contributed by atoms with van der Waals surface area (Å²) in [6.07, 6.45) is 2.84. The van der Waals surface area contributed by atoms with Crippen molar-refractivity contribution in [1.82, 2.24) is 10.3 Å². The Morgan fingerprint density at radius 1 is 1.03 bits per heavy atom. The number of benzene rings is 2. The molecule has 0 radical (unpaired) electrons. The Balaban J connectivity index is 1.40. The van der Waals surface area contributed by atoms with Crippen molar-refractivity contribution < 1.29 is 14.3 Å². The summed E-state index contributed by atoms with van der Waals surface area (Å²) in [5, 5.41) is 8.23. The molecule has 0 unspecified atom stereocenters. The molecule has 0 atom stereocenters. The molecule has 0 aliphatic carbocycles. The van der Waals surface area contributed by atoms with E-state index in [-0.39, 0.29) is 11.8 Å². The van der Waals surface area contributed by atoms with Gasteiger partial charge >= 0.3 is 0 Å². The molecule has 6 nitrogen and oxygen atoms in total. The van der Waals surface area contributed by atoms with E-state index >= 15 is 0 Å². The number of anilines is 1. The van der Waals surface area contributed by atoms with Crippen molar-refractivity contribution in [2.45, 2.75) is 39.5 Å². The molecular weight excluding hydrogens is 422 g/mol. The van der Waals surface area contributed by atoms with Crippen molar-refractivity contribution in [2.24, 2.45) is 0 Å². The molecule has 0 saturated heterocycles. The molecule has 3 rings (SSSR count). The minimum atomic E-state index is -0.0621. The van der Waals surface area contributed by atoms with Crippen LogP contribution in [0.5, 0.6) is 5.75 Å². The van der Waals surface area contributed by atoms with Crippen molar-refractivity contribution in [3.8, 4) is 17.0 Å². The number of ether oxygens (including phenoxy) is 1. The van der Waals surface area contributed by atoms with E-state index in [9.17, 15) is 9.59 Å². The predicted molar refractivity (Wildman–Crippen MR) is 129 cm³/mol. The average Bonchev–Trinajstić information content (AvgIpc) is 3.24. The molecule has 0 aliphatic rings. The van der Waals surface area contributed by atoms with E-state index in [0.717, 1.165) is 29.8 Å². The van der Waals surface area contributed by atoms with Crippen LogP contribution in [0.15, 0.2) is 53.9 Å². The lowest BCUT2D eigenvalue weighted by Gasteiger charge is -2.06. The summed E-state index contributed by atoms with van der Waals surface area (Å²) in [4.78, 5) is 27.6. The zero-order chi connectivity index (χ0) is 22.8. The lowest BCUT2D eigenvalue weighted by molar-refractivity contribution is -0.119. The molecule has 2 N–H and O–H groups in total. The molecule has 32 heavy (non-hydrogen) atoms. The number of hydrogen-bond donors (Lipinski definition) is 2. The number of thiazole rings is 1. The van der Waals surface area contributed by atoms with Gasteiger partial charge in [0.15, 0.2) is 5.13 Å². The molecule has 1 heterocycles. The number of carbonyl (C=O) groups excluding carboxylic acids is 2. The van der Waals surface area contributed by atoms with Gasteiger partial charge in [-0.3, -0.25) is 9.59 Å². The van der Waals surface area contributed by atoms with Crippen LogP contribution in [-0.4, -0.2) is 29.9 Å². The molecule has 3 aromatic rings. The summed E-state index contributed by atoms with van der Waals surface area (Å²) in [5.41, 5.74) is 4.27. The normalized spacial score (nSPS) is 10.6. The van der Waals surface area contributed by atoms with Crippen LogP contribution >= 0.6 is 11.3 Å². The fourth-order valence-corrected chi connectivity index (χ4v) is 3.84. The SMILES string of the molecule is CC(=O)NCCCc1ccc(-c2csc(NC(=O)CCCOc3ccc(C)cc3)n2)cc1. The molecule has 2 aromatic carbocycles. The van der Waals surface area contributed by atoms with Crippen LogP contribution in [0, 0.1) is 6.92 Å². The molecule has 0 aliphatic heterocycles. The van der Waals surface area contributed by atoms with Gasteiger partial charge in [0.25, 0.3) is 0 Å². The van der Waals surface area contributed by atoms with E-state index in [0.29, 0.717) is 31.1 Å². The van der Waals surface area contributed by atoms with Gasteiger partial charge in [-0.1, -0.05) is 42.0 Å². The lowest BCUT2D eigenvalue weighted by Crippen LogP contribution is -2.21. The number of amides is 2. The molecule has 168 valence electrons. The van der Waals surface area contributed by atoms with Gasteiger partial charge in [-0.2, -0.15) is 0 Å². The predicted octanol–water partition coefficient (Wildman–Crippen LogP) is 4.98. The standard InChI is InChI=1S/C25H29N3O3S/c1-18-7-13-22(14-8-18)31-16-4-6-24(30)28-25-27-23(17-32-25)21-11-9-20(10-12-21)5-3-15-26-19(2)29/h7-14,17H,3-6,15-16H2,1-2H3,(H,26,29)(H,27,28,30). The molecule has 7 heteroatoms. The third-order valence-electron chi connectivity index (χ3n) is 4.85. The second kappa shape index (κ2) is 12.0. The maximum absolute atomic E-state index is 12.2.